The van der Waals surface area contributed by atoms with Crippen molar-refractivity contribution >= 4 is 34.1 Å². The average Bonchev–Trinajstić information content (AvgIpc) is 3.20. The molecule has 4 rings (SSSR count). The van der Waals surface area contributed by atoms with Gasteiger partial charge in [-0.1, -0.05) is 17.7 Å². The summed E-state index contributed by atoms with van der Waals surface area (Å²) >= 11 is 6.05. The Morgan fingerprint density at radius 2 is 2.18 bits per heavy atom. The van der Waals surface area contributed by atoms with Crippen molar-refractivity contribution in [3.8, 4) is 5.69 Å². The van der Waals surface area contributed by atoms with Crippen LogP contribution in [0.25, 0.3) is 5.69 Å². The van der Waals surface area contributed by atoms with Crippen LogP contribution in [0.1, 0.15) is 24.1 Å². The first-order chi connectivity index (χ1) is 10.6. The van der Waals surface area contributed by atoms with E-state index >= 15 is 0 Å². The Kier molecular flexibility index (Phi) is 3.31. The Hall–Kier alpha value is -1.66. The van der Waals surface area contributed by atoms with Gasteiger partial charge < -0.3 is 5.32 Å². The lowest BCUT2D eigenvalue weighted by Crippen LogP contribution is -2.17. The second kappa shape index (κ2) is 5.21. The van der Waals surface area contributed by atoms with Gasteiger partial charge >= 0.3 is 0 Å². The lowest BCUT2D eigenvalue weighted by atomic mass is 10.2. The summed E-state index contributed by atoms with van der Waals surface area (Å²) in [6.45, 7) is 0. The Labute approximate surface area is 135 Å². The molecule has 5 nitrogen and oxygen atoms in total. The van der Waals surface area contributed by atoms with Gasteiger partial charge in [-0.25, -0.2) is 4.68 Å². The maximum Gasteiger partial charge on any atom is 0.228 e. The number of amides is 1. The molecule has 0 bridgehead atoms. The molecule has 1 N–H and O–H groups in total. The summed E-state index contributed by atoms with van der Waals surface area (Å²) in [4.78, 5) is 12.2. The van der Waals surface area contributed by atoms with Gasteiger partial charge in [0.05, 0.1) is 22.9 Å². The van der Waals surface area contributed by atoms with Crippen LogP contribution < -0.4 is 5.32 Å². The van der Waals surface area contributed by atoms with Gasteiger partial charge in [-0.05, 0) is 31.0 Å². The van der Waals surface area contributed by atoms with Crippen LogP contribution in [0.5, 0.6) is 0 Å². The van der Waals surface area contributed by atoms with Crippen molar-refractivity contribution in [1.29, 1.82) is 0 Å². The van der Waals surface area contributed by atoms with E-state index in [1.165, 1.54) is 0 Å². The van der Waals surface area contributed by atoms with E-state index in [0.29, 0.717) is 22.3 Å². The maximum absolute atomic E-state index is 12.2. The van der Waals surface area contributed by atoms with Crippen molar-refractivity contribution < 1.29 is 9.00 Å². The normalized spacial score (nSPS) is 20.0. The second-order valence-electron chi connectivity index (χ2n) is 5.66. The van der Waals surface area contributed by atoms with Crippen LogP contribution in [0.15, 0.2) is 24.3 Å². The highest BCUT2D eigenvalue weighted by molar-refractivity contribution is 7.83. The SMILES string of the molecule is O=C(Nc1c2c(nn1-c1cccc(Cl)c1)CS(=O)C2)C1CC1. The first-order valence-corrected chi connectivity index (χ1v) is 9.01. The van der Waals surface area contributed by atoms with Crippen molar-refractivity contribution in [2.45, 2.75) is 24.3 Å². The number of rotatable bonds is 3. The molecule has 2 aromatic rings. The number of hydrogen-bond donors (Lipinski definition) is 1. The van der Waals surface area contributed by atoms with Crippen LogP contribution in [0.2, 0.25) is 5.02 Å². The molecule has 1 atom stereocenters. The highest BCUT2D eigenvalue weighted by Gasteiger charge is 2.33. The van der Waals surface area contributed by atoms with E-state index in [1.807, 2.05) is 12.1 Å². The largest absolute Gasteiger partial charge is 0.310 e. The summed E-state index contributed by atoms with van der Waals surface area (Å²) < 4.78 is 13.5. The van der Waals surface area contributed by atoms with Gasteiger partial charge in [-0.15, -0.1) is 0 Å². The third-order valence-corrected chi connectivity index (χ3v) is 5.35. The summed E-state index contributed by atoms with van der Waals surface area (Å²) in [5.41, 5.74) is 2.47. The molecule has 0 radical (unpaired) electrons. The number of aromatic nitrogens is 2. The topological polar surface area (TPSA) is 64.0 Å². The molecular formula is C15H14ClN3O2S. The van der Waals surface area contributed by atoms with E-state index < -0.39 is 10.8 Å². The summed E-state index contributed by atoms with van der Waals surface area (Å²) in [7, 11) is -0.931. The van der Waals surface area contributed by atoms with Gasteiger partial charge in [0.1, 0.15) is 5.82 Å². The van der Waals surface area contributed by atoms with Crippen LogP contribution in [0.3, 0.4) is 0 Å². The predicted octanol–water partition coefficient (Wildman–Crippen LogP) is 2.64. The number of carbonyl (C=O) groups excluding carboxylic acids is 1. The average molecular weight is 336 g/mol. The first kappa shape index (κ1) is 14.0. The molecule has 1 unspecified atom stereocenters. The van der Waals surface area contributed by atoms with E-state index in [9.17, 15) is 9.00 Å². The van der Waals surface area contributed by atoms with E-state index in [2.05, 4.69) is 10.4 Å². The van der Waals surface area contributed by atoms with Gasteiger partial charge in [-0.3, -0.25) is 9.00 Å². The van der Waals surface area contributed by atoms with E-state index in [1.54, 1.807) is 16.8 Å². The van der Waals surface area contributed by atoms with Crippen LogP contribution in [0, 0.1) is 5.92 Å². The second-order valence-corrected chi connectivity index (χ2v) is 7.55. The lowest BCUT2D eigenvalue weighted by Gasteiger charge is -2.11. The lowest BCUT2D eigenvalue weighted by molar-refractivity contribution is -0.117. The molecule has 1 fully saturated rings. The van der Waals surface area contributed by atoms with Crippen molar-refractivity contribution in [3.63, 3.8) is 0 Å². The number of carbonyl (C=O) groups is 1. The summed E-state index contributed by atoms with van der Waals surface area (Å²) in [6, 6.07) is 7.32. The molecule has 0 saturated heterocycles. The van der Waals surface area contributed by atoms with Crippen molar-refractivity contribution in [2.24, 2.45) is 5.92 Å². The fraction of sp³-hybridized carbons (Fsp3) is 0.333. The quantitative estimate of drug-likeness (QED) is 0.937. The third-order valence-electron chi connectivity index (χ3n) is 3.91. The molecule has 7 heteroatoms. The Balaban J connectivity index is 1.79. The number of anilines is 1. The fourth-order valence-corrected chi connectivity index (χ4v) is 4.06. The molecule has 22 heavy (non-hydrogen) atoms. The van der Waals surface area contributed by atoms with Gasteiger partial charge in [-0.2, -0.15) is 5.10 Å². The number of nitrogens with zero attached hydrogens (tertiary/aromatic N) is 2. The fourth-order valence-electron chi connectivity index (χ4n) is 2.62. The number of halogens is 1. The summed E-state index contributed by atoms with van der Waals surface area (Å²) in [6.07, 6.45) is 1.87. The molecule has 1 aromatic carbocycles. The van der Waals surface area contributed by atoms with Crippen LogP contribution in [-0.4, -0.2) is 19.9 Å². The minimum atomic E-state index is -0.931. The minimum Gasteiger partial charge on any atom is -0.310 e. The maximum atomic E-state index is 12.2. The molecule has 1 amide bonds. The Morgan fingerprint density at radius 3 is 2.91 bits per heavy atom. The van der Waals surface area contributed by atoms with Gasteiger partial charge in [0, 0.05) is 27.3 Å². The predicted molar refractivity (Wildman–Crippen MR) is 85.5 cm³/mol. The number of fused-ring (bicyclic) bond motifs is 1. The van der Waals surface area contributed by atoms with Crippen molar-refractivity contribution in [3.05, 3.63) is 40.5 Å². The van der Waals surface area contributed by atoms with Gasteiger partial charge in [0.15, 0.2) is 0 Å². The molecule has 1 aliphatic carbocycles. The molecule has 1 aromatic heterocycles. The van der Waals surface area contributed by atoms with Gasteiger partial charge in [0.25, 0.3) is 0 Å². The van der Waals surface area contributed by atoms with Crippen LogP contribution >= 0.6 is 11.6 Å². The number of hydrogen-bond acceptors (Lipinski definition) is 3. The molecule has 2 heterocycles. The Morgan fingerprint density at radius 1 is 1.36 bits per heavy atom. The van der Waals surface area contributed by atoms with Crippen molar-refractivity contribution in [1.82, 2.24) is 9.78 Å². The standard InChI is InChI=1S/C15H14ClN3O2S/c16-10-2-1-3-11(6-10)19-14(17-15(20)9-4-5-9)12-7-22(21)8-13(12)18-19/h1-3,6,9H,4-5,7-8H2,(H,17,20). The van der Waals surface area contributed by atoms with Crippen molar-refractivity contribution in [2.75, 3.05) is 5.32 Å². The number of nitrogens with one attached hydrogen (secondary N) is 1. The zero-order valence-corrected chi connectivity index (χ0v) is 13.3. The monoisotopic (exact) mass is 335 g/mol. The molecule has 1 saturated carbocycles. The highest BCUT2D eigenvalue weighted by atomic mass is 35.5. The summed E-state index contributed by atoms with van der Waals surface area (Å²) in [5.74, 6) is 1.64. The molecule has 2 aliphatic rings. The molecule has 1 aliphatic heterocycles. The Bertz CT molecular complexity index is 798. The van der Waals surface area contributed by atoms with Crippen LogP contribution in [-0.2, 0) is 27.1 Å². The van der Waals surface area contributed by atoms with E-state index in [0.717, 1.165) is 29.8 Å². The van der Waals surface area contributed by atoms with Crippen LogP contribution in [0.4, 0.5) is 5.82 Å². The molecule has 114 valence electrons. The zero-order valence-electron chi connectivity index (χ0n) is 11.7. The molecule has 0 spiro atoms. The third kappa shape index (κ3) is 2.46. The van der Waals surface area contributed by atoms with Gasteiger partial charge in [0.2, 0.25) is 5.91 Å². The smallest absolute Gasteiger partial charge is 0.228 e. The van der Waals surface area contributed by atoms with E-state index in [4.69, 9.17) is 11.6 Å². The molecular weight excluding hydrogens is 322 g/mol. The number of benzene rings is 1. The first-order valence-electron chi connectivity index (χ1n) is 7.14. The van der Waals surface area contributed by atoms with E-state index in [-0.39, 0.29) is 11.8 Å². The highest BCUT2D eigenvalue weighted by Crippen LogP contribution is 2.35. The minimum absolute atomic E-state index is 0.0173. The summed E-state index contributed by atoms with van der Waals surface area (Å²) in [5, 5.41) is 8.12. The zero-order chi connectivity index (χ0) is 15.3.